The van der Waals surface area contributed by atoms with E-state index in [-0.39, 0.29) is 23.6 Å². The van der Waals surface area contributed by atoms with E-state index in [1.807, 2.05) is 12.1 Å². The Bertz CT molecular complexity index is 1110. The van der Waals surface area contributed by atoms with Crippen LogP contribution in [0, 0.1) is 5.82 Å². The van der Waals surface area contributed by atoms with Crippen molar-refractivity contribution >= 4 is 22.8 Å². The van der Waals surface area contributed by atoms with Gasteiger partial charge in [-0.25, -0.2) is 18.2 Å². The second-order valence-electron chi connectivity index (χ2n) is 6.83. The predicted octanol–water partition coefficient (Wildman–Crippen LogP) is 3.68. The molecule has 0 saturated carbocycles. The van der Waals surface area contributed by atoms with Crippen molar-refractivity contribution in [1.29, 1.82) is 0 Å². The van der Waals surface area contributed by atoms with Gasteiger partial charge in [0.1, 0.15) is 11.5 Å². The summed E-state index contributed by atoms with van der Waals surface area (Å²) in [5, 5.41) is 2.58. The molecule has 3 heterocycles. The zero-order valence-electron chi connectivity index (χ0n) is 15.4. The van der Waals surface area contributed by atoms with Crippen molar-refractivity contribution in [2.24, 2.45) is 4.99 Å². The molecule has 4 rings (SSSR count). The van der Waals surface area contributed by atoms with E-state index in [1.54, 1.807) is 23.6 Å². The van der Waals surface area contributed by atoms with Gasteiger partial charge in [-0.05, 0) is 43.3 Å². The Morgan fingerprint density at radius 2 is 2.14 bits per heavy atom. The third-order valence-electron chi connectivity index (χ3n) is 4.73. The highest BCUT2D eigenvalue weighted by Crippen LogP contribution is 2.38. The summed E-state index contributed by atoms with van der Waals surface area (Å²) >= 11 is 0. The molecule has 0 spiro atoms. The number of halogens is 3. The van der Waals surface area contributed by atoms with Crippen LogP contribution in [0.2, 0.25) is 0 Å². The largest absolute Gasteiger partial charge is 0.372 e. The third kappa shape index (κ3) is 3.49. The minimum absolute atomic E-state index is 0.112. The molecule has 1 aromatic carbocycles. The number of carbonyl (C=O) groups excluding carboxylic acids is 1. The molecule has 0 fully saturated rings. The summed E-state index contributed by atoms with van der Waals surface area (Å²) in [6.45, 7) is 1.20. The molecule has 0 saturated heterocycles. The van der Waals surface area contributed by atoms with Crippen molar-refractivity contribution in [3.8, 4) is 0 Å². The van der Waals surface area contributed by atoms with Crippen molar-refractivity contribution in [3.05, 3.63) is 66.0 Å². The zero-order valence-corrected chi connectivity index (χ0v) is 15.4. The molecule has 150 valence electrons. The highest BCUT2D eigenvalue weighted by molar-refractivity contribution is 6.03. The molecule has 3 aromatic rings. The summed E-state index contributed by atoms with van der Waals surface area (Å²) in [6.07, 6.45) is 0.286. The summed E-state index contributed by atoms with van der Waals surface area (Å²) in [4.78, 5) is 20.6. The molecule has 0 bridgehead atoms. The highest BCUT2D eigenvalue weighted by atomic mass is 19.3. The summed E-state index contributed by atoms with van der Waals surface area (Å²) < 4.78 is 49.3. The molecule has 1 aliphatic heterocycles. The van der Waals surface area contributed by atoms with Crippen LogP contribution < -0.4 is 5.32 Å². The Morgan fingerprint density at radius 3 is 2.90 bits per heavy atom. The second-order valence-corrected chi connectivity index (χ2v) is 6.83. The van der Waals surface area contributed by atoms with E-state index in [4.69, 9.17) is 4.74 Å². The first-order valence-corrected chi connectivity index (χ1v) is 8.84. The van der Waals surface area contributed by atoms with Crippen molar-refractivity contribution in [2.45, 2.75) is 18.9 Å². The van der Waals surface area contributed by atoms with E-state index in [0.717, 1.165) is 11.6 Å². The molecule has 1 atom stereocenters. The van der Waals surface area contributed by atoms with Crippen LogP contribution in [0.5, 0.6) is 0 Å². The van der Waals surface area contributed by atoms with Gasteiger partial charge < -0.3 is 14.5 Å². The number of rotatable bonds is 4. The number of anilines is 1. The molecule has 1 N–H and O–H groups in total. The van der Waals surface area contributed by atoms with Crippen molar-refractivity contribution in [2.75, 3.05) is 18.5 Å². The van der Waals surface area contributed by atoms with Crippen LogP contribution >= 0.6 is 0 Å². The number of fused-ring (bicyclic) bond motifs is 1. The number of benzene rings is 1. The number of aliphatic imine (C=N–C) groups is 1. The zero-order chi connectivity index (χ0) is 20.6. The van der Waals surface area contributed by atoms with E-state index in [9.17, 15) is 18.0 Å². The van der Waals surface area contributed by atoms with Gasteiger partial charge in [-0.3, -0.25) is 9.79 Å². The number of aromatic nitrogens is 2. The van der Waals surface area contributed by atoms with Gasteiger partial charge in [-0.1, -0.05) is 0 Å². The Morgan fingerprint density at radius 1 is 1.31 bits per heavy atom. The van der Waals surface area contributed by atoms with Crippen LogP contribution in [-0.4, -0.2) is 40.6 Å². The van der Waals surface area contributed by atoms with Crippen LogP contribution in [-0.2, 0) is 10.3 Å². The lowest BCUT2D eigenvalue weighted by atomic mass is 9.89. The fraction of sp³-hybridized carbons (Fsp3) is 0.250. The minimum atomic E-state index is -2.99. The molecule has 1 aliphatic rings. The predicted molar refractivity (Wildman–Crippen MR) is 101 cm³/mol. The topological polar surface area (TPSA) is 68.0 Å². The SMILES string of the molecule is CC1=N[C@@](c2cc(NC(=O)c3cc4cccn4cn3)ccc2F)(C(F)F)COC1. The summed E-state index contributed by atoms with van der Waals surface area (Å²) in [5.41, 5.74) is -1.08. The first-order chi connectivity index (χ1) is 13.9. The Hall–Kier alpha value is -3.20. The maximum Gasteiger partial charge on any atom is 0.274 e. The van der Waals surface area contributed by atoms with Crippen LogP contribution in [0.15, 0.2) is 53.9 Å². The maximum atomic E-state index is 14.5. The van der Waals surface area contributed by atoms with E-state index < -0.39 is 30.3 Å². The van der Waals surface area contributed by atoms with Crippen molar-refractivity contribution in [1.82, 2.24) is 9.38 Å². The van der Waals surface area contributed by atoms with E-state index in [1.165, 1.54) is 18.5 Å². The number of ether oxygens (including phenoxy) is 1. The molecule has 6 nitrogen and oxygen atoms in total. The number of hydrogen-bond acceptors (Lipinski definition) is 4. The minimum Gasteiger partial charge on any atom is -0.372 e. The van der Waals surface area contributed by atoms with Gasteiger partial charge in [0, 0.05) is 28.7 Å². The summed E-state index contributed by atoms with van der Waals surface area (Å²) in [7, 11) is 0. The number of nitrogens with zero attached hydrogens (tertiary/aromatic N) is 3. The van der Waals surface area contributed by atoms with Crippen LogP contribution in [0.3, 0.4) is 0 Å². The Kier molecular flexibility index (Phi) is 4.83. The maximum absolute atomic E-state index is 14.5. The number of amides is 1. The molecule has 0 aliphatic carbocycles. The third-order valence-corrected chi connectivity index (χ3v) is 4.73. The van der Waals surface area contributed by atoms with Gasteiger partial charge in [-0.15, -0.1) is 0 Å². The van der Waals surface area contributed by atoms with Gasteiger partial charge in [0.25, 0.3) is 12.3 Å². The highest BCUT2D eigenvalue weighted by Gasteiger charge is 2.46. The Labute approximate surface area is 164 Å². The standard InChI is InChI=1S/C20H17F3N4O2/c1-12-9-29-10-20(26-12,19(22)23)15-7-13(4-5-16(15)21)25-18(28)17-8-14-3-2-6-27(14)11-24-17/h2-8,11,19H,9-10H2,1H3,(H,25,28)/t20-/m0/s1. The average Bonchev–Trinajstić information content (AvgIpc) is 3.17. The number of alkyl halides is 2. The van der Waals surface area contributed by atoms with Crippen LogP contribution in [0.25, 0.3) is 5.52 Å². The summed E-state index contributed by atoms with van der Waals surface area (Å²) in [6, 6.07) is 8.70. The molecule has 0 radical (unpaired) electrons. The lowest BCUT2D eigenvalue weighted by molar-refractivity contribution is -0.0143. The smallest absolute Gasteiger partial charge is 0.274 e. The van der Waals surface area contributed by atoms with Gasteiger partial charge in [0.2, 0.25) is 0 Å². The number of carbonyl (C=O) groups is 1. The van der Waals surface area contributed by atoms with E-state index >= 15 is 0 Å². The molecule has 2 aromatic heterocycles. The summed E-state index contributed by atoms with van der Waals surface area (Å²) in [5.74, 6) is -1.39. The molecule has 9 heteroatoms. The fourth-order valence-corrected chi connectivity index (χ4v) is 3.32. The van der Waals surface area contributed by atoms with Crippen LogP contribution in [0.1, 0.15) is 23.0 Å². The van der Waals surface area contributed by atoms with E-state index in [0.29, 0.717) is 5.71 Å². The number of nitrogens with one attached hydrogen (secondary N) is 1. The first kappa shape index (κ1) is 19.1. The lowest BCUT2D eigenvalue weighted by Crippen LogP contribution is -2.43. The van der Waals surface area contributed by atoms with Gasteiger partial charge in [0.05, 0.1) is 19.5 Å². The Balaban J connectivity index is 1.67. The second kappa shape index (κ2) is 7.32. The normalized spacial score (nSPS) is 19.4. The fourth-order valence-electron chi connectivity index (χ4n) is 3.32. The number of hydrogen-bond donors (Lipinski definition) is 1. The van der Waals surface area contributed by atoms with Gasteiger partial charge in [-0.2, -0.15) is 0 Å². The molecule has 29 heavy (non-hydrogen) atoms. The first-order valence-electron chi connectivity index (χ1n) is 8.84. The van der Waals surface area contributed by atoms with E-state index in [2.05, 4.69) is 15.3 Å². The molecular formula is C20H17F3N4O2. The van der Waals surface area contributed by atoms with Crippen molar-refractivity contribution < 1.29 is 22.7 Å². The molecule has 0 unspecified atom stereocenters. The monoisotopic (exact) mass is 402 g/mol. The molecule has 1 amide bonds. The average molecular weight is 402 g/mol. The lowest BCUT2D eigenvalue weighted by Gasteiger charge is -2.33. The van der Waals surface area contributed by atoms with Crippen molar-refractivity contribution in [3.63, 3.8) is 0 Å². The van der Waals surface area contributed by atoms with Gasteiger partial charge >= 0.3 is 0 Å². The van der Waals surface area contributed by atoms with Crippen LogP contribution in [0.4, 0.5) is 18.9 Å². The molecular weight excluding hydrogens is 385 g/mol. The van der Waals surface area contributed by atoms with Gasteiger partial charge in [0.15, 0.2) is 5.54 Å². The quantitative estimate of drug-likeness (QED) is 0.724.